The van der Waals surface area contributed by atoms with Crippen LogP contribution < -0.4 is 5.73 Å². The molecular weight excluding hydrogens is 280 g/mol. The van der Waals surface area contributed by atoms with Crippen LogP contribution in [0.5, 0.6) is 0 Å². The highest BCUT2D eigenvalue weighted by molar-refractivity contribution is 7.16. The first-order chi connectivity index (χ1) is 10.3. The van der Waals surface area contributed by atoms with Gasteiger partial charge < -0.3 is 5.73 Å². The fourth-order valence-corrected chi connectivity index (χ4v) is 4.24. The lowest BCUT2D eigenvalue weighted by Crippen LogP contribution is -2.01. The summed E-state index contributed by atoms with van der Waals surface area (Å²) in [4.78, 5) is 1.42. The molecule has 2 heterocycles. The van der Waals surface area contributed by atoms with Gasteiger partial charge in [-0.15, -0.1) is 21.5 Å². The van der Waals surface area contributed by atoms with Gasteiger partial charge in [0.15, 0.2) is 5.82 Å². The van der Waals surface area contributed by atoms with Crippen molar-refractivity contribution in [2.24, 2.45) is 0 Å². The van der Waals surface area contributed by atoms with Crippen LogP contribution in [0.1, 0.15) is 22.7 Å². The molecule has 5 heteroatoms. The third kappa shape index (κ3) is 1.88. The molecule has 2 N–H and O–H groups in total. The van der Waals surface area contributed by atoms with Gasteiger partial charge in [-0.05, 0) is 43.9 Å². The number of nitrogens with zero attached hydrogens (tertiary/aromatic N) is 3. The largest absolute Gasteiger partial charge is 0.390 e. The molecule has 0 fully saturated rings. The minimum Gasteiger partial charge on any atom is -0.390 e. The number of rotatable bonds is 2. The zero-order valence-electron chi connectivity index (χ0n) is 11.8. The maximum Gasteiger partial charge on any atom is 0.171 e. The number of aromatic nitrogens is 3. The Labute approximate surface area is 127 Å². The molecule has 0 radical (unpaired) electrons. The van der Waals surface area contributed by atoms with Gasteiger partial charge in [0.05, 0.1) is 10.6 Å². The van der Waals surface area contributed by atoms with E-state index in [0.717, 1.165) is 40.7 Å². The van der Waals surface area contributed by atoms with E-state index in [1.165, 1.54) is 16.9 Å². The predicted octanol–water partition coefficient (Wildman–Crippen LogP) is 3.38. The van der Waals surface area contributed by atoms with Gasteiger partial charge in [0.1, 0.15) is 5.82 Å². The highest BCUT2D eigenvalue weighted by Gasteiger charge is 2.26. The molecule has 1 aliphatic carbocycles. The van der Waals surface area contributed by atoms with Crippen molar-refractivity contribution in [3.63, 3.8) is 0 Å². The van der Waals surface area contributed by atoms with E-state index in [4.69, 9.17) is 5.73 Å². The molecular formula is C16H16N4S. The highest BCUT2D eigenvalue weighted by atomic mass is 32.1. The number of nitrogens with two attached hydrogens (primary N) is 1. The molecule has 21 heavy (non-hydrogen) atoms. The van der Waals surface area contributed by atoms with Crippen molar-refractivity contribution in [1.82, 2.24) is 14.8 Å². The Kier molecular flexibility index (Phi) is 2.82. The van der Waals surface area contributed by atoms with Gasteiger partial charge in [-0.2, -0.15) is 0 Å². The molecule has 4 rings (SSSR count). The lowest BCUT2D eigenvalue weighted by atomic mass is 10.1. The molecule has 0 aliphatic heterocycles. The monoisotopic (exact) mass is 296 g/mol. The van der Waals surface area contributed by atoms with Crippen LogP contribution in [0.4, 0.5) is 5.00 Å². The fourth-order valence-electron chi connectivity index (χ4n) is 3.08. The SMILES string of the molecule is Cc1nnc(-c2c(N)sc3c2CCC3)n1-c1ccccc1. The summed E-state index contributed by atoms with van der Waals surface area (Å²) in [5.74, 6) is 1.75. The van der Waals surface area contributed by atoms with E-state index in [1.54, 1.807) is 11.3 Å². The third-order valence-corrected chi connectivity index (χ3v) is 5.13. The van der Waals surface area contributed by atoms with Crippen molar-refractivity contribution in [3.8, 4) is 17.1 Å². The van der Waals surface area contributed by atoms with Gasteiger partial charge in [-0.25, -0.2) is 0 Å². The molecule has 106 valence electrons. The van der Waals surface area contributed by atoms with Crippen LogP contribution in [0, 0.1) is 6.92 Å². The minimum atomic E-state index is 0.865. The van der Waals surface area contributed by atoms with Crippen molar-refractivity contribution >= 4 is 16.3 Å². The van der Waals surface area contributed by atoms with Crippen LogP contribution in [0.15, 0.2) is 30.3 Å². The molecule has 2 aromatic heterocycles. The van der Waals surface area contributed by atoms with Crippen LogP contribution in [-0.4, -0.2) is 14.8 Å². The summed E-state index contributed by atoms with van der Waals surface area (Å²) in [5, 5.41) is 9.56. The van der Waals surface area contributed by atoms with Crippen molar-refractivity contribution in [2.75, 3.05) is 5.73 Å². The first-order valence-electron chi connectivity index (χ1n) is 7.13. The zero-order chi connectivity index (χ0) is 14.4. The Morgan fingerprint density at radius 3 is 2.76 bits per heavy atom. The summed E-state index contributed by atoms with van der Waals surface area (Å²) in [7, 11) is 0. The molecule has 0 atom stereocenters. The van der Waals surface area contributed by atoms with Crippen LogP contribution in [0.25, 0.3) is 17.1 Å². The van der Waals surface area contributed by atoms with E-state index in [1.807, 2.05) is 25.1 Å². The van der Waals surface area contributed by atoms with Crippen LogP contribution in [0.2, 0.25) is 0 Å². The average molecular weight is 296 g/mol. The molecule has 0 spiro atoms. The molecule has 0 saturated heterocycles. The fraction of sp³-hybridized carbons (Fsp3) is 0.250. The summed E-state index contributed by atoms with van der Waals surface area (Å²) < 4.78 is 2.09. The van der Waals surface area contributed by atoms with Crippen LogP contribution in [0.3, 0.4) is 0 Å². The molecule has 0 bridgehead atoms. The molecule has 1 aliphatic rings. The summed E-state index contributed by atoms with van der Waals surface area (Å²) in [5.41, 5.74) is 9.82. The average Bonchev–Trinajstić information content (AvgIpc) is 3.14. The molecule has 0 amide bonds. The Balaban J connectivity index is 1.96. The second-order valence-corrected chi connectivity index (χ2v) is 6.48. The third-order valence-electron chi connectivity index (χ3n) is 4.01. The van der Waals surface area contributed by atoms with Gasteiger partial charge in [-0.1, -0.05) is 18.2 Å². The first-order valence-corrected chi connectivity index (χ1v) is 7.95. The normalized spacial score (nSPS) is 13.6. The van der Waals surface area contributed by atoms with E-state index in [0.29, 0.717) is 0 Å². The van der Waals surface area contributed by atoms with Gasteiger partial charge >= 0.3 is 0 Å². The Hall–Kier alpha value is -2.14. The second-order valence-electron chi connectivity index (χ2n) is 5.34. The van der Waals surface area contributed by atoms with Crippen molar-refractivity contribution in [2.45, 2.75) is 26.2 Å². The summed E-state index contributed by atoms with van der Waals surface area (Å²) in [6.45, 7) is 1.98. The maximum absolute atomic E-state index is 6.28. The standard InChI is InChI=1S/C16H16N4S/c1-10-18-19-16(20(10)11-6-3-2-4-7-11)14-12-8-5-9-13(12)21-15(14)17/h2-4,6-7H,5,8-9,17H2,1H3. The second kappa shape index (κ2) is 4.70. The highest BCUT2D eigenvalue weighted by Crippen LogP contribution is 2.43. The number of fused-ring (bicyclic) bond motifs is 1. The van der Waals surface area contributed by atoms with E-state index in [-0.39, 0.29) is 0 Å². The number of para-hydroxylation sites is 1. The Bertz CT molecular complexity index is 801. The first kappa shape index (κ1) is 12.6. The summed E-state index contributed by atoms with van der Waals surface area (Å²) in [6.07, 6.45) is 3.45. The molecule has 3 aromatic rings. The Morgan fingerprint density at radius 2 is 1.95 bits per heavy atom. The number of nitrogen functional groups attached to an aromatic ring is 1. The van der Waals surface area contributed by atoms with Gasteiger partial charge in [-0.3, -0.25) is 4.57 Å². The lowest BCUT2D eigenvalue weighted by Gasteiger charge is -2.09. The van der Waals surface area contributed by atoms with Gasteiger partial charge in [0.2, 0.25) is 0 Å². The predicted molar refractivity (Wildman–Crippen MR) is 85.8 cm³/mol. The van der Waals surface area contributed by atoms with E-state index < -0.39 is 0 Å². The molecule has 1 aromatic carbocycles. The molecule has 4 nitrogen and oxygen atoms in total. The lowest BCUT2D eigenvalue weighted by molar-refractivity contribution is 0.913. The van der Waals surface area contributed by atoms with Crippen molar-refractivity contribution in [3.05, 3.63) is 46.6 Å². The topological polar surface area (TPSA) is 56.7 Å². The number of benzene rings is 1. The van der Waals surface area contributed by atoms with Gasteiger partial charge in [0, 0.05) is 10.6 Å². The van der Waals surface area contributed by atoms with E-state index in [9.17, 15) is 0 Å². The van der Waals surface area contributed by atoms with Crippen molar-refractivity contribution in [1.29, 1.82) is 0 Å². The number of hydrogen-bond acceptors (Lipinski definition) is 4. The zero-order valence-corrected chi connectivity index (χ0v) is 12.7. The number of hydrogen-bond donors (Lipinski definition) is 1. The number of aryl methyl sites for hydroxylation is 2. The quantitative estimate of drug-likeness (QED) is 0.788. The molecule has 0 saturated carbocycles. The number of thiophene rings is 1. The smallest absolute Gasteiger partial charge is 0.171 e. The number of anilines is 1. The summed E-state index contributed by atoms with van der Waals surface area (Å²) in [6, 6.07) is 10.2. The Morgan fingerprint density at radius 1 is 1.14 bits per heavy atom. The van der Waals surface area contributed by atoms with E-state index >= 15 is 0 Å². The maximum atomic E-state index is 6.28. The van der Waals surface area contributed by atoms with Crippen LogP contribution >= 0.6 is 11.3 Å². The summed E-state index contributed by atoms with van der Waals surface area (Å²) >= 11 is 1.71. The van der Waals surface area contributed by atoms with E-state index in [2.05, 4.69) is 26.9 Å². The van der Waals surface area contributed by atoms with Crippen molar-refractivity contribution < 1.29 is 0 Å². The molecule has 0 unspecified atom stereocenters. The van der Waals surface area contributed by atoms with Gasteiger partial charge in [0.25, 0.3) is 0 Å². The minimum absolute atomic E-state index is 0.865. The van der Waals surface area contributed by atoms with Crippen LogP contribution in [-0.2, 0) is 12.8 Å².